The summed E-state index contributed by atoms with van der Waals surface area (Å²) in [7, 11) is 0. The number of unbranched alkanes of at least 4 members (excludes halogenated alkanes) is 4. The first kappa shape index (κ1) is 26.3. The van der Waals surface area contributed by atoms with E-state index in [2.05, 4.69) is 19.9 Å². The van der Waals surface area contributed by atoms with E-state index in [4.69, 9.17) is 6.58 Å². The number of allylic oxidation sites excluding steroid dienone is 7. The molecule has 0 aromatic carbocycles. The van der Waals surface area contributed by atoms with Gasteiger partial charge in [-0.05, 0) is 25.7 Å². The van der Waals surface area contributed by atoms with E-state index < -0.39 is 5.97 Å². The second kappa shape index (κ2) is 25.4. The standard InChI is InChI=1S/C11H15O2.C8H15.Y/c1-2-3-4-5-6-7-8-9-10-11(12)13;1-3-5-7-8-6-4-2;/h1-4,6-7H,5,8-10H2,(H,12,13);3,5H,1,4,6-8H2,2H3;/q2*-1;+3/p-1/b4-3+,7-6+;5-3+;. The Morgan fingerprint density at radius 2 is 1.77 bits per heavy atom. The third kappa shape index (κ3) is 31.7. The van der Waals surface area contributed by atoms with Crippen LogP contribution in [-0.2, 0) is 37.5 Å². The van der Waals surface area contributed by atoms with Crippen molar-refractivity contribution in [2.45, 2.75) is 58.3 Å². The van der Waals surface area contributed by atoms with Gasteiger partial charge >= 0.3 is 32.7 Å². The van der Waals surface area contributed by atoms with Crippen molar-refractivity contribution in [1.29, 1.82) is 0 Å². The molecule has 0 bridgehead atoms. The van der Waals surface area contributed by atoms with Gasteiger partial charge in [-0.25, -0.2) is 31.2 Å². The molecule has 0 aliphatic rings. The molecule has 0 atom stereocenters. The smallest absolute Gasteiger partial charge is 0.550 e. The van der Waals surface area contributed by atoms with Gasteiger partial charge in [0.1, 0.15) is 0 Å². The van der Waals surface area contributed by atoms with Crippen LogP contribution in [0, 0.1) is 13.5 Å². The topological polar surface area (TPSA) is 40.1 Å². The van der Waals surface area contributed by atoms with Crippen LogP contribution in [0.25, 0.3) is 0 Å². The van der Waals surface area contributed by atoms with Gasteiger partial charge in [0.15, 0.2) is 0 Å². The Morgan fingerprint density at radius 3 is 2.32 bits per heavy atom. The van der Waals surface area contributed by atoms with E-state index in [-0.39, 0.29) is 39.1 Å². The molecule has 3 heteroatoms. The van der Waals surface area contributed by atoms with E-state index in [1.165, 1.54) is 31.8 Å². The zero-order chi connectivity index (χ0) is 16.2. The molecule has 0 aromatic rings. The predicted molar refractivity (Wildman–Crippen MR) is 89.3 cm³/mol. The van der Waals surface area contributed by atoms with Crippen molar-refractivity contribution in [3.8, 4) is 0 Å². The van der Waals surface area contributed by atoms with Crippen molar-refractivity contribution in [3.63, 3.8) is 0 Å². The second-order valence-electron chi connectivity index (χ2n) is 4.56. The largest absolute Gasteiger partial charge is 3.00 e. The molecule has 0 aromatic heterocycles. The number of hydrogen-bond acceptors (Lipinski definition) is 2. The zero-order valence-corrected chi connectivity index (χ0v) is 16.7. The average Bonchev–Trinajstić information content (AvgIpc) is 2.47. The van der Waals surface area contributed by atoms with Crippen molar-refractivity contribution >= 4 is 5.97 Å². The van der Waals surface area contributed by atoms with Gasteiger partial charge in [0.05, 0.1) is 0 Å². The number of aliphatic carboxylic acids is 1. The predicted octanol–water partition coefficient (Wildman–Crippen LogP) is 4.35. The minimum absolute atomic E-state index is 0. The van der Waals surface area contributed by atoms with E-state index in [1.54, 1.807) is 6.08 Å². The number of hydrogen-bond donors (Lipinski definition) is 0. The maximum atomic E-state index is 10.0. The normalized spacial score (nSPS) is 10.4. The molecule has 0 unspecified atom stereocenters. The van der Waals surface area contributed by atoms with Crippen LogP contribution in [0.4, 0.5) is 0 Å². The van der Waals surface area contributed by atoms with Crippen LogP contribution in [0.1, 0.15) is 58.3 Å². The summed E-state index contributed by atoms with van der Waals surface area (Å²) in [6, 6.07) is 0. The van der Waals surface area contributed by atoms with Crippen LogP contribution in [0.2, 0.25) is 0 Å². The summed E-state index contributed by atoms with van der Waals surface area (Å²) in [6.45, 7) is 10.9. The summed E-state index contributed by atoms with van der Waals surface area (Å²) in [5.41, 5.74) is 0. The Morgan fingerprint density at radius 1 is 1.09 bits per heavy atom. The quantitative estimate of drug-likeness (QED) is 0.232. The fourth-order valence-corrected chi connectivity index (χ4v) is 1.44. The maximum absolute atomic E-state index is 10.0. The van der Waals surface area contributed by atoms with Crippen LogP contribution in [-0.4, -0.2) is 5.97 Å². The number of carboxylic acids is 1. The van der Waals surface area contributed by atoms with Gasteiger partial charge in [-0.1, -0.05) is 38.3 Å². The molecule has 0 heterocycles. The minimum Gasteiger partial charge on any atom is -0.550 e. The number of carbonyl (C=O) groups excluding carboxylic acids is 1. The molecule has 22 heavy (non-hydrogen) atoms. The summed E-state index contributed by atoms with van der Waals surface area (Å²) in [6.07, 6.45) is 20.7. The zero-order valence-electron chi connectivity index (χ0n) is 13.9. The first-order valence-electron chi connectivity index (χ1n) is 7.68. The molecule has 0 aliphatic carbocycles. The van der Waals surface area contributed by atoms with Crippen molar-refractivity contribution in [2.24, 2.45) is 0 Å². The minimum atomic E-state index is -0.981. The Labute approximate surface area is 162 Å². The van der Waals surface area contributed by atoms with E-state index in [1.807, 2.05) is 24.3 Å². The van der Waals surface area contributed by atoms with Gasteiger partial charge in [-0.2, -0.15) is 6.08 Å². The van der Waals surface area contributed by atoms with E-state index in [9.17, 15) is 9.90 Å². The Bertz CT molecular complexity index is 317. The van der Waals surface area contributed by atoms with Crippen molar-refractivity contribution in [3.05, 3.63) is 56.0 Å². The van der Waals surface area contributed by atoms with Gasteiger partial charge in [0.25, 0.3) is 0 Å². The van der Waals surface area contributed by atoms with Crippen LogP contribution >= 0.6 is 0 Å². The Kier molecular flexibility index (Phi) is 30.3. The maximum Gasteiger partial charge on any atom is 3.00 e. The first-order chi connectivity index (χ1) is 10.2. The molecule has 0 amide bonds. The van der Waals surface area contributed by atoms with Crippen LogP contribution in [0.15, 0.2) is 42.5 Å². The summed E-state index contributed by atoms with van der Waals surface area (Å²) in [5, 5.41) is 10.0. The summed E-state index contributed by atoms with van der Waals surface area (Å²) < 4.78 is 0. The van der Waals surface area contributed by atoms with Crippen LogP contribution < -0.4 is 5.11 Å². The molecule has 0 aliphatic heterocycles. The molecule has 0 radical (unpaired) electrons. The summed E-state index contributed by atoms with van der Waals surface area (Å²) >= 11 is 0. The van der Waals surface area contributed by atoms with Crippen LogP contribution in [0.5, 0.6) is 0 Å². The van der Waals surface area contributed by atoms with E-state index >= 15 is 0 Å². The number of carbonyl (C=O) groups is 1. The molecule has 0 rings (SSSR count). The SMILES string of the molecule is [CH-]=C/C=C/C/C=C/CCCC(=O)[O-].[CH2-]/C=C/CCCCC.[Y+3]. The third-order valence-corrected chi connectivity index (χ3v) is 2.58. The van der Waals surface area contributed by atoms with E-state index in [0.717, 1.165) is 12.8 Å². The fourth-order valence-electron chi connectivity index (χ4n) is 1.44. The van der Waals surface area contributed by atoms with Gasteiger partial charge in [-0.15, -0.1) is 6.42 Å². The summed E-state index contributed by atoms with van der Waals surface area (Å²) in [4.78, 5) is 10.0. The number of carboxylic acid groups (broad SMARTS) is 1. The molecule has 0 fully saturated rings. The molecular weight excluding hydrogens is 349 g/mol. The van der Waals surface area contributed by atoms with Gasteiger partial charge in [0, 0.05) is 5.97 Å². The Hall–Kier alpha value is -0.596. The molecular formula is C19H29O2Y. The second-order valence-corrected chi connectivity index (χ2v) is 4.56. The van der Waals surface area contributed by atoms with Gasteiger partial charge < -0.3 is 9.90 Å². The fraction of sp³-hybridized carbons (Fsp3) is 0.474. The Balaban J connectivity index is -0.000000348. The molecule has 2 nitrogen and oxygen atoms in total. The molecule has 0 saturated carbocycles. The monoisotopic (exact) mass is 378 g/mol. The van der Waals surface area contributed by atoms with Crippen molar-refractivity contribution in [1.82, 2.24) is 0 Å². The van der Waals surface area contributed by atoms with Gasteiger partial charge in [-0.3, -0.25) is 6.58 Å². The van der Waals surface area contributed by atoms with Crippen molar-refractivity contribution in [2.75, 3.05) is 0 Å². The van der Waals surface area contributed by atoms with Crippen molar-refractivity contribution < 1.29 is 42.6 Å². The average molecular weight is 378 g/mol. The molecule has 0 N–H and O–H groups in total. The number of rotatable bonds is 11. The first-order valence-corrected chi connectivity index (χ1v) is 7.68. The third-order valence-electron chi connectivity index (χ3n) is 2.58. The van der Waals surface area contributed by atoms with Crippen LogP contribution in [0.3, 0.4) is 0 Å². The van der Waals surface area contributed by atoms with E-state index in [0.29, 0.717) is 6.42 Å². The molecule has 0 saturated heterocycles. The summed E-state index contributed by atoms with van der Waals surface area (Å²) in [5.74, 6) is -0.981. The molecule has 0 spiro atoms. The molecule has 120 valence electrons. The van der Waals surface area contributed by atoms with Gasteiger partial charge in [0.2, 0.25) is 0 Å².